The van der Waals surface area contributed by atoms with Crippen LogP contribution in [0.2, 0.25) is 0 Å². The predicted molar refractivity (Wildman–Crippen MR) is 241 cm³/mol. The number of aromatic nitrogens is 3. The minimum atomic E-state index is -0.686. The summed E-state index contributed by atoms with van der Waals surface area (Å²) in [6.07, 6.45) is 2.74. The summed E-state index contributed by atoms with van der Waals surface area (Å²) in [5.41, 5.74) is 8.32. The Bertz CT molecular complexity index is 2810. The first-order valence-corrected chi connectivity index (χ1v) is 22.2. The number of anilines is 3. The highest BCUT2D eigenvalue weighted by molar-refractivity contribution is 7.21. The van der Waals surface area contributed by atoms with E-state index < -0.39 is 11.9 Å². The van der Waals surface area contributed by atoms with Crippen LogP contribution in [0.4, 0.5) is 17.1 Å². The highest BCUT2D eigenvalue weighted by atomic mass is 32.1. The van der Waals surface area contributed by atoms with Crippen LogP contribution in [0, 0.1) is 12.8 Å². The summed E-state index contributed by atoms with van der Waals surface area (Å²) in [4.78, 5) is 63.9. The van der Waals surface area contributed by atoms with Crippen molar-refractivity contribution < 1.29 is 19.1 Å². The Morgan fingerprint density at radius 1 is 0.885 bits per heavy atom. The predicted octanol–water partition coefficient (Wildman–Crippen LogP) is 5.65. The van der Waals surface area contributed by atoms with Crippen molar-refractivity contribution in [1.29, 1.82) is 0 Å². The number of rotatable bonds is 7. The number of benzene rings is 3. The zero-order valence-electron chi connectivity index (χ0n) is 35.0. The van der Waals surface area contributed by atoms with Gasteiger partial charge in [0.1, 0.15) is 16.7 Å². The molecule has 1 unspecified atom stereocenters. The van der Waals surface area contributed by atoms with Crippen LogP contribution in [0.5, 0.6) is 5.75 Å². The highest BCUT2D eigenvalue weighted by Gasteiger charge is 2.32. The maximum Gasteiger partial charge on any atom is 0.329 e. The fourth-order valence-corrected chi connectivity index (χ4v) is 11.0. The molecule has 10 rings (SSSR count). The number of fused-ring (bicyclic) bond motifs is 6. The lowest BCUT2D eigenvalue weighted by Gasteiger charge is -2.40. The molecule has 0 radical (unpaired) electrons. The molecule has 7 heterocycles. The Balaban J connectivity index is 0.780. The molecule has 316 valence electrons. The first kappa shape index (κ1) is 39.2. The largest absolute Gasteiger partial charge is 0.495 e. The molecular weight excluding hydrogens is 791 g/mol. The van der Waals surface area contributed by atoms with Gasteiger partial charge in [0.25, 0.3) is 5.91 Å². The van der Waals surface area contributed by atoms with Gasteiger partial charge in [0.2, 0.25) is 11.8 Å². The normalized spacial score (nSPS) is 20.5. The van der Waals surface area contributed by atoms with Crippen molar-refractivity contribution in [2.75, 3.05) is 74.6 Å². The molecule has 3 fully saturated rings. The summed E-state index contributed by atoms with van der Waals surface area (Å²) in [7, 11) is 3.49. The Morgan fingerprint density at radius 3 is 2.46 bits per heavy atom. The lowest BCUT2D eigenvalue weighted by molar-refractivity contribution is -0.135. The molecule has 4 aliphatic rings. The number of thiophene rings is 1. The quantitative estimate of drug-likeness (QED) is 0.173. The average Bonchev–Trinajstić information content (AvgIpc) is 3.72. The molecule has 0 spiro atoms. The molecule has 14 nitrogen and oxygen atoms in total. The number of piperidine rings is 2. The number of nitrogens with zero attached hydrogens (tertiary/aromatic N) is 6. The summed E-state index contributed by atoms with van der Waals surface area (Å²) in [5, 5.41) is 11.1. The third-order valence-electron chi connectivity index (χ3n) is 13.3. The number of hydrogen-bond acceptors (Lipinski definition) is 11. The molecule has 0 bridgehead atoms. The smallest absolute Gasteiger partial charge is 0.329 e. The molecule has 6 aromatic rings. The summed E-state index contributed by atoms with van der Waals surface area (Å²) in [6, 6.07) is 18.2. The molecule has 3 amide bonds. The van der Waals surface area contributed by atoms with Gasteiger partial charge in [0, 0.05) is 98.6 Å². The summed E-state index contributed by atoms with van der Waals surface area (Å²) < 4.78 is 10.3. The zero-order valence-corrected chi connectivity index (χ0v) is 35.9. The van der Waals surface area contributed by atoms with Crippen molar-refractivity contribution in [1.82, 2.24) is 29.7 Å². The van der Waals surface area contributed by atoms with E-state index in [1.807, 2.05) is 13.0 Å². The average molecular weight is 842 g/mol. The van der Waals surface area contributed by atoms with Gasteiger partial charge < -0.3 is 25.2 Å². The summed E-state index contributed by atoms with van der Waals surface area (Å²) in [5.74, 6) is 0.717. The van der Waals surface area contributed by atoms with Crippen molar-refractivity contribution >= 4 is 78.1 Å². The van der Waals surface area contributed by atoms with Crippen LogP contribution in [0.3, 0.4) is 0 Å². The number of carbonyl (C=O) groups is 3. The van der Waals surface area contributed by atoms with Gasteiger partial charge in [-0.15, -0.1) is 11.3 Å². The van der Waals surface area contributed by atoms with E-state index in [4.69, 9.17) is 9.72 Å². The van der Waals surface area contributed by atoms with Gasteiger partial charge in [-0.05, 0) is 99.2 Å². The molecule has 3 N–H and O–H groups in total. The second kappa shape index (κ2) is 15.5. The van der Waals surface area contributed by atoms with Gasteiger partial charge >= 0.3 is 5.69 Å². The van der Waals surface area contributed by atoms with E-state index in [9.17, 15) is 19.2 Å². The molecule has 0 aliphatic carbocycles. The van der Waals surface area contributed by atoms with Crippen LogP contribution in [0.1, 0.15) is 53.9 Å². The highest BCUT2D eigenvalue weighted by Crippen LogP contribution is 2.42. The molecule has 3 aromatic heterocycles. The fraction of sp³-hybridized carbons (Fsp3) is 0.413. The number of carbonyl (C=O) groups excluding carboxylic acids is 3. The van der Waals surface area contributed by atoms with Crippen molar-refractivity contribution in [2.45, 2.75) is 51.6 Å². The third-order valence-corrected chi connectivity index (χ3v) is 14.5. The molecular formula is C46H51N9O5S. The molecule has 61 heavy (non-hydrogen) atoms. The van der Waals surface area contributed by atoms with Gasteiger partial charge in [0.05, 0.1) is 40.7 Å². The lowest BCUT2D eigenvalue weighted by Crippen LogP contribution is -2.49. The molecule has 0 saturated carbocycles. The van der Waals surface area contributed by atoms with Gasteiger partial charge in [-0.1, -0.05) is 0 Å². The summed E-state index contributed by atoms with van der Waals surface area (Å²) in [6.45, 7) is 11.6. The van der Waals surface area contributed by atoms with Crippen LogP contribution in [-0.4, -0.2) is 102 Å². The van der Waals surface area contributed by atoms with Crippen LogP contribution in [0.15, 0.2) is 59.4 Å². The monoisotopic (exact) mass is 841 g/mol. The Morgan fingerprint density at radius 2 is 1.69 bits per heavy atom. The van der Waals surface area contributed by atoms with Crippen LogP contribution < -0.4 is 36.2 Å². The number of pyridine rings is 1. The number of hydrogen-bond donors (Lipinski definition) is 3. The topological polar surface area (TPSA) is 146 Å². The standard InChI is InChI=1S/C46H51N9O5S/c1-26-21-37(38(60-4)23-31(26)33-7-6-30-32(49-33)8-11-39-41(30)42-43(61-39)45(58)48-27(2)24-47-42)54-19-17-52(18-20-54)25-28-13-15-53(16-14-28)29-5-9-34-36(22-29)51(3)46(59)55(34)35-10-12-40(56)50-44(35)57/h5-9,11,21-23,27-28,35,47H,10,12-20,24-25H2,1-4H3,(H,48,58)(H,50,56,57)/t27-,35?/m1/s1. The summed E-state index contributed by atoms with van der Waals surface area (Å²) >= 11 is 1.52. The van der Waals surface area contributed by atoms with Crippen LogP contribution in [0.25, 0.3) is 43.3 Å². The van der Waals surface area contributed by atoms with Gasteiger partial charge in [0.15, 0.2) is 0 Å². The van der Waals surface area contributed by atoms with E-state index in [2.05, 4.69) is 86.1 Å². The Hall–Kier alpha value is -5.93. The lowest BCUT2D eigenvalue weighted by atomic mass is 9.95. The second-order valence-electron chi connectivity index (χ2n) is 17.2. The fourth-order valence-electron chi connectivity index (χ4n) is 9.92. The maximum absolute atomic E-state index is 13.3. The zero-order chi connectivity index (χ0) is 42.1. The van der Waals surface area contributed by atoms with Crippen LogP contribution >= 0.6 is 11.3 Å². The van der Waals surface area contributed by atoms with Crippen LogP contribution in [-0.2, 0) is 16.6 Å². The number of aryl methyl sites for hydroxylation is 2. The molecule has 3 saturated heterocycles. The Kier molecular flexibility index (Phi) is 9.98. The van der Waals surface area contributed by atoms with E-state index in [1.54, 1.807) is 23.3 Å². The van der Waals surface area contributed by atoms with Gasteiger partial charge in [-0.2, -0.15) is 0 Å². The van der Waals surface area contributed by atoms with E-state index in [0.29, 0.717) is 24.4 Å². The maximum atomic E-state index is 13.3. The third kappa shape index (κ3) is 6.97. The number of amides is 3. The number of nitrogens with one attached hydrogen (secondary N) is 3. The molecule has 3 aromatic carbocycles. The minimum absolute atomic E-state index is 0.0286. The number of imide groups is 1. The second-order valence-corrected chi connectivity index (χ2v) is 18.2. The SMILES string of the molecule is COc1cc(-c2ccc3c(ccc4sc5c(c43)NC[C@@H](C)NC5=O)n2)c(C)cc1N1CCN(CC2CCN(c3ccc4c(c3)n(C)c(=O)n4C3CCC(=O)NC3=O)CC2)CC1. The number of piperazine rings is 1. The molecule has 15 heteroatoms. The number of ether oxygens (including phenoxy) is 1. The number of imidazole rings is 1. The van der Waals surface area contributed by atoms with E-state index in [1.165, 1.54) is 11.3 Å². The van der Waals surface area contributed by atoms with E-state index in [0.717, 1.165) is 130 Å². The van der Waals surface area contributed by atoms with Crippen molar-refractivity contribution in [3.05, 3.63) is 75.5 Å². The molecule has 2 atom stereocenters. The minimum Gasteiger partial charge on any atom is -0.495 e. The van der Waals surface area contributed by atoms with E-state index in [-0.39, 0.29) is 30.0 Å². The van der Waals surface area contributed by atoms with E-state index >= 15 is 0 Å². The first-order chi connectivity index (χ1) is 29.5. The van der Waals surface area contributed by atoms with Gasteiger partial charge in [-0.25, -0.2) is 9.78 Å². The van der Waals surface area contributed by atoms with Crippen molar-refractivity contribution in [2.24, 2.45) is 13.0 Å². The first-order valence-electron chi connectivity index (χ1n) is 21.4. The Labute approximate surface area is 357 Å². The van der Waals surface area contributed by atoms with Crippen molar-refractivity contribution in [3.8, 4) is 17.0 Å². The van der Waals surface area contributed by atoms with Crippen molar-refractivity contribution in [3.63, 3.8) is 0 Å². The van der Waals surface area contributed by atoms with Gasteiger partial charge in [-0.3, -0.25) is 33.7 Å². The number of methoxy groups -OCH3 is 1. The molecule has 4 aliphatic heterocycles.